The minimum absolute atomic E-state index is 0.435. The fourth-order valence-corrected chi connectivity index (χ4v) is 3.29. The Hall–Kier alpha value is -0.910. The first-order valence-electron chi connectivity index (χ1n) is 5.41. The Labute approximate surface area is 125 Å². The highest BCUT2D eigenvalue weighted by Gasteiger charge is 2.06. The van der Waals surface area contributed by atoms with Crippen LogP contribution in [0.5, 0.6) is 0 Å². The van der Waals surface area contributed by atoms with Gasteiger partial charge in [0.15, 0.2) is 0 Å². The van der Waals surface area contributed by atoms with Gasteiger partial charge in [0.25, 0.3) is 0 Å². The molecule has 1 aromatic carbocycles. The summed E-state index contributed by atoms with van der Waals surface area (Å²) in [5, 5.41) is 2.09. The van der Waals surface area contributed by atoms with Crippen LogP contribution in [0.2, 0.25) is 0 Å². The van der Waals surface area contributed by atoms with E-state index in [1.54, 1.807) is 11.3 Å². The molecule has 0 radical (unpaired) electrons. The van der Waals surface area contributed by atoms with E-state index in [2.05, 4.69) is 39.3 Å². The third-order valence-electron chi connectivity index (χ3n) is 2.66. The molecule has 2 N–H and O–H groups in total. The van der Waals surface area contributed by atoms with Crippen molar-refractivity contribution in [3.05, 3.63) is 50.6 Å². The van der Waals surface area contributed by atoms with Crippen LogP contribution >= 0.6 is 39.5 Å². The number of nitrogens with two attached hydrogens (primary N) is 1. The van der Waals surface area contributed by atoms with Crippen molar-refractivity contribution in [1.29, 1.82) is 0 Å². The van der Waals surface area contributed by atoms with Crippen molar-refractivity contribution in [2.45, 2.75) is 6.54 Å². The summed E-state index contributed by atoms with van der Waals surface area (Å²) in [6, 6.07) is 10.1. The minimum atomic E-state index is 0.435. The van der Waals surface area contributed by atoms with E-state index < -0.39 is 0 Å². The largest absolute Gasteiger partial charge is 0.389 e. The zero-order chi connectivity index (χ0) is 13.1. The van der Waals surface area contributed by atoms with Crippen molar-refractivity contribution in [2.75, 3.05) is 11.9 Å². The Balaban J connectivity index is 2.12. The summed E-state index contributed by atoms with van der Waals surface area (Å²) in [5.74, 6) is 0. The first-order chi connectivity index (χ1) is 8.58. The Morgan fingerprint density at radius 2 is 2.00 bits per heavy atom. The lowest BCUT2D eigenvalue weighted by Gasteiger charge is -2.19. The van der Waals surface area contributed by atoms with Gasteiger partial charge in [-0.25, -0.2) is 0 Å². The van der Waals surface area contributed by atoms with Gasteiger partial charge in [-0.2, -0.15) is 0 Å². The van der Waals surface area contributed by atoms with Crippen LogP contribution < -0.4 is 10.6 Å². The SMILES string of the molecule is CN(Cc1sccc1Br)c1ccc(C(N)=S)cc1. The first-order valence-corrected chi connectivity index (χ1v) is 7.49. The summed E-state index contributed by atoms with van der Waals surface area (Å²) < 4.78 is 1.17. The van der Waals surface area contributed by atoms with E-state index in [4.69, 9.17) is 18.0 Å². The van der Waals surface area contributed by atoms with Gasteiger partial charge < -0.3 is 10.6 Å². The first kappa shape index (κ1) is 13.5. The molecule has 0 amide bonds. The molecule has 0 atom stereocenters. The molecule has 0 aliphatic heterocycles. The highest BCUT2D eigenvalue weighted by Crippen LogP contribution is 2.25. The van der Waals surface area contributed by atoms with E-state index in [9.17, 15) is 0 Å². The number of anilines is 1. The molecule has 0 saturated heterocycles. The molecule has 0 fully saturated rings. The molecule has 0 spiro atoms. The van der Waals surface area contributed by atoms with Crippen LogP contribution in [0.15, 0.2) is 40.2 Å². The van der Waals surface area contributed by atoms with Gasteiger partial charge in [0.2, 0.25) is 0 Å². The number of benzene rings is 1. The summed E-state index contributed by atoms with van der Waals surface area (Å²) in [5.41, 5.74) is 7.63. The molecule has 2 aromatic rings. The Kier molecular flexibility index (Phi) is 4.37. The number of hydrogen-bond donors (Lipinski definition) is 1. The van der Waals surface area contributed by atoms with E-state index in [-0.39, 0.29) is 0 Å². The average molecular weight is 341 g/mol. The predicted octanol–water partition coefficient (Wildman–Crippen LogP) is 3.78. The summed E-state index contributed by atoms with van der Waals surface area (Å²) in [4.78, 5) is 3.95. The van der Waals surface area contributed by atoms with Gasteiger partial charge in [0.1, 0.15) is 4.99 Å². The van der Waals surface area contributed by atoms with Crippen LogP contribution in [0.4, 0.5) is 5.69 Å². The van der Waals surface area contributed by atoms with Gasteiger partial charge in [-0.05, 0) is 51.6 Å². The average Bonchev–Trinajstić information content (AvgIpc) is 2.75. The van der Waals surface area contributed by atoms with Gasteiger partial charge in [-0.3, -0.25) is 0 Å². The molecule has 0 aliphatic carbocycles. The van der Waals surface area contributed by atoms with E-state index in [1.807, 2.05) is 24.3 Å². The normalized spacial score (nSPS) is 10.3. The number of halogens is 1. The Morgan fingerprint density at radius 1 is 1.33 bits per heavy atom. The van der Waals surface area contributed by atoms with Crippen LogP contribution in [0.1, 0.15) is 10.4 Å². The maximum Gasteiger partial charge on any atom is 0.103 e. The second kappa shape index (κ2) is 5.82. The monoisotopic (exact) mass is 340 g/mol. The van der Waals surface area contributed by atoms with Crippen LogP contribution in [-0.2, 0) is 6.54 Å². The fraction of sp³-hybridized carbons (Fsp3) is 0.154. The molecule has 1 heterocycles. The molecular weight excluding hydrogens is 328 g/mol. The number of rotatable bonds is 4. The van der Waals surface area contributed by atoms with Crippen molar-refractivity contribution in [3.63, 3.8) is 0 Å². The van der Waals surface area contributed by atoms with Crippen molar-refractivity contribution >= 4 is 50.2 Å². The molecule has 94 valence electrons. The van der Waals surface area contributed by atoms with Crippen molar-refractivity contribution < 1.29 is 0 Å². The van der Waals surface area contributed by atoms with E-state index in [1.165, 1.54) is 9.35 Å². The zero-order valence-electron chi connectivity index (χ0n) is 9.89. The van der Waals surface area contributed by atoms with Crippen LogP contribution in [-0.4, -0.2) is 12.0 Å². The van der Waals surface area contributed by atoms with Gasteiger partial charge in [0, 0.05) is 27.6 Å². The summed E-state index contributed by atoms with van der Waals surface area (Å²) in [6.07, 6.45) is 0. The molecule has 0 saturated carbocycles. The zero-order valence-corrected chi connectivity index (χ0v) is 13.1. The van der Waals surface area contributed by atoms with Gasteiger partial charge in [-0.1, -0.05) is 12.2 Å². The third-order valence-corrected chi connectivity index (χ3v) is 4.81. The highest BCUT2D eigenvalue weighted by molar-refractivity contribution is 9.10. The maximum absolute atomic E-state index is 5.58. The number of thiophene rings is 1. The van der Waals surface area contributed by atoms with Gasteiger partial charge >= 0.3 is 0 Å². The molecule has 0 aliphatic rings. The Bertz CT molecular complexity index is 548. The molecule has 1 aromatic heterocycles. The topological polar surface area (TPSA) is 29.3 Å². The molecule has 2 rings (SSSR count). The molecule has 5 heteroatoms. The van der Waals surface area contributed by atoms with Gasteiger partial charge in [0.05, 0.1) is 6.54 Å². The lowest BCUT2D eigenvalue weighted by molar-refractivity contribution is 0.937. The van der Waals surface area contributed by atoms with Gasteiger partial charge in [-0.15, -0.1) is 11.3 Å². The standard InChI is InChI=1S/C13H13BrN2S2/c1-16(8-12-11(14)6-7-18-12)10-4-2-9(3-5-10)13(15)17/h2-7H,8H2,1H3,(H2,15,17). The van der Waals surface area contributed by atoms with Crippen molar-refractivity contribution in [2.24, 2.45) is 5.73 Å². The summed E-state index contributed by atoms with van der Waals surface area (Å²) in [7, 11) is 2.07. The molecular formula is C13H13BrN2S2. The summed E-state index contributed by atoms with van der Waals surface area (Å²) in [6.45, 7) is 0.880. The number of hydrogen-bond acceptors (Lipinski definition) is 3. The van der Waals surface area contributed by atoms with E-state index in [0.29, 0.717) is 4.99 Å². The highest BCUT2D eigenvalue weighted by atomic mass is 79.9. The molecule has 18 heavy (non-hydrogen) atoms. The van der Waals surface area contributed by atoms with Crippen LogP contribution in [0, 0.1) is 0 Å². The number of nitrogens with zero attached hydrogens (tertiary/aromatic N) is 1. The molecule has 0 unspecified atom stereocenters. The predicted molar refractivity (Wildman–Crippen MR) is 86.5 cm³/mol. The molecule has 2 nitrogen and oxygen atoms in total. The second-order valence-electron chi connectivity index (χ2n) is 3.96. The number of thiocarbonyl (C=S) groups is 1. The third kappa shape index (κ3) is 3.10. The van der Waals surface area contributed by atoms with Crippen LogP contribution in [0.3, 0.4) is 0 Å². The quantitative estimate of drug-likeness (QED) is 0.858. The smallest absolute Gasteiger partial charge is 0.103 e. The van der Waals surface area contributed by atoms with Crippen molar-refractivity contribution in [1.82, 2.24) is 0 Å². The fourth-order valence-electron chi connectivity index (χ4n) is 1.62. The van der Waals surface area contributed by atoms with Crippen molar-refractivity contribution in [3.8, 4) is 0 Å². The van der Waals surface area contributed by atoms with E-state index >= 15 is 0 Å². The second-order valence-corrected chi connectivity index (χ2v) is 6.25. The minimum Gasteiger partial charge on any atom is -0.389 e. The maximum atomic E-state index is 5.58. The Morgan fingerprint density at radius 3 is 2.50 bits per heavy atom. The lowest BCUT2D eigenvalue weighted by atomic mass is 10.2. The summed E-state index contributed by atoms with van der Waals surface area (Å²) >= 11 is 10.2. The van der Waals surface area contributed by atoms with E-state index in [0.717, 1.165) is 17.8 Å². The molecule has 0 bridgehead atoms. The lowest BCUT2D eigenvalue weighted by Crippen LogP contribution is -2.16. The van der Waals surface area contributed by atoms with Crippen LogP contribution in [0.25, 0.3) is 0 Å².